The van der Waals surface area contributed by atoms with Crippen molar-refractivity contribution in [3.05, 3.63) is 47.5 Å². The Morgan fingerprint density at radius 2 is 1.66 bits per heavy atom. The number of carbonyl (C=O) groups excluding carboxylic acids is 1. The Labute approximate surface area is 188 Å². The highest BCUT2D eigenvalue weighted by molar-refractivity contribution is 7.91. The van der Waals surface area contributed by atoms with E-state index >= 15 is 0 Å². The van der Waals surface area contributed by atoms with Gasteiger partial charge in [0.15, 0.2) is 0 Å². The van der Waals surface area contributed by atoms with Gasteiger partial charge in [0.25, 0.3) is 5.91 Å². The molecule has 0 bridgehead atoms. The zero-order valence-corrected chi connectivity index (χ0v) is 18.5. The van der Waals surface area contributed by atoms with Gasteiger partial charge in [-0.2, -0.15) is 13.2 Å². The molecule has 32 heavy (non-hydrogen) atoms. The Balaban J connectivity index is 2.18. The van der Waals surface area contributed by atoms with Crippen LogP contribution in [-0.4, -0.2) is 49.5 Å². The van der Waals surface area contributed by atoms with Crippen LogP contribution in [0.4, 0.5) is 24.5 Å². The average Bonchev–Trinajstić information content (AvgIpc) is 2.72. The van der Waals surface area contributed by atoms with E-state index in [0.717, 1.165) is 24.6 Å². The fourth-order valence-corrected chi connectivity index (χ4v) is 4.07. The Hall–Kier alpha value is -2.34. The van der Waals surface area contributed by atoms with Gasteiger partial charge in [0, 0.05) is 18.8 Å². The molecule has 0 fully saturated rings. The number of sulfone groups is 1. The third-order valence-corrected chi connectivity index (χ3v) is 6.65. The molecule has 2 aromatic rings. The lowest BCUT2D eigenvalue weighted by atomic mass is 10.1. The normalized spacial score (nSPS) is 14.0. The average molecular weight is 495 g/mol. The fourth-order valence-electron chi connectivity index (χ4n) is 2.49. The molecule has 2 rings (SSSR count). The van der Waals surface area contributed by atoms with Gasteiger partial charge in [0.1, 0.15) is 0 Å². The lowest BCUT2D eigenvalue weighted by Crippen LogP contribution is -2.52. The second-order valence-electron chi connectivity index (χ2n) is 7.05. The molecular weight excluding hydrogens is 473 g/mol. The molecule has 0 heterocycles. The number of aliphatic hydroxyl groups excluding tert-OH is 1. The molecule has 0 aliphatic heterocycles. The van der Waals surface area contributed by atoms with E-state index in [1.54, 1.807) is 12.1 Å². The van der Waals surface area contributed by atoms with Gasteiger partial charge in [-0.3, -0.25) is 4.79 Å². The third-order valence-electron chi connectivity index (χ3n) is 4.57. The SMILES string of the molecule is CC(O)(C(=O)Nc1ccc(S(=O)(=O)c2ccc(NCCCCO)cc2)cc1Cl)C(F)(F)F. The molecule has 0 saturated heterocycles. The van der Waals surface area contributed by atoms with Crippen molar-refractivity contribution in [1.82, 2.24) is 0 Å². The van der Waals surface area contributed by atoms with Crippen LogP contribution in [0.2, 0.25) is 5.02 Å². The topological polar surface area (TPSA) is 116 Å². The van der Waals surface area contributed by atoms with Crippen LogP contribution in [0, 0.1) is 0 Å². The van der Waals surface area contributed by atoms with Gasteiger partial charge in [-0.1, -0.05) is 11.6 Å². The van der Waals surface area contributed by atoms with Crippen LogP contribution in [0.3, 0.4) is 0 Å². The van der Waals surface area contributed by atoms with E-state index < -0.39 is 27.5 Å². The van der Waals surface area contributed by atoms with E-state index in [4.69, 9.17) is 16.7 Å². The number of anilines is 2. The summed E-state index contributed by atoms with van der Waals surface area (Å²) >= 11 is 5.97. The zero-order valence-electron chi connectivity index (χ0n) is 16.9. The van der Waals surface area contributed by atoms with E-state index in [2.05, 4.69) is 5.32 Å². The summed E-state index contributed by atoms with van der Waals surface area (Å²) in [6.07, 6.45) is -3.83. The maximum atomic E-state index is 12.8. The van der Waals surface area contributed by atoms with Gasteiger partial charge in [0.2, 0.25) is 15.4 Å². The van der Waals surface area contributed by atoms with Crippen LogP contribution in [0.5, 0.6) is 0 Å². The molecule has 0 radical (unpaired) electrons. The minimum atomic E-state index is -5.22. The first-order valence-corrected chi connectivity index (χ1v) is 11.3. The number of carbonyl (C=O) groups is 1. The molecule has 0 spiro atoms. The van der Waals surface area contributed by atoms with Crippen LogP contribution < -0.4 is 10.6 Å². The quantitative estimate of drug-likeness (QED) is 0.396. The number of hydrogen-bond acceptors (Lipinski definition) is 6. The van der Waals surface area contributed by atoms with E-state index in [1.807, 2.05) is 5.32 Å². The van der Waals surface area contributed by atoms with Crippen LogP contribution >= 0.6 is 11.6 Å². The second kappa shape index (κ2) is 10.1. The fraction of sp³-hybridized carbons (Fsp3) is 0.350. The molecule has 176 valence electrons. The molecule has 4 N–H and O–H groups in total. The summed E-state index contributed by atoms with van der Waals surface area (Å²) in [6, 6.07) is 9.02. The molecule has 12 heteroatoms. The molecule has 1 amide bonds. The summed E-state index contributed by atoms with van der Waals surface area (Å²) < 4.78 is 64.0. The van der Waals surface area contributed by atoms with Crippen molar-refractivity contribution < 1.29 is 36.6 Å². The molecule has 7 nitrogen and oxygen atoms in total. The highest BCUT2D eigenvalue weighted by atomic mass is 35.5. The predicted molar refractivity (Wildman–Crippen MR) is 113 cm³/mol. The lowest BCUT2D eigenvalue weighted by molar-refractivity contribution is -0.242. The van der Waals surface area contributed by atoms with Crippen molar-refractivity contribution >= 4 is 38.7 Å². The summed E-state index contributed by atoms with van der Waals surface area (Å²) in [4.78, 5) is 11.5. The summed E-state index contributed by atoms with van der Waals surface area (Å²) in [5, 5.41) is 22.8. The van der Waals surface area contributed by atoms with Crippen molar-refractivity contribution in [3.8, 4) is 0 Å². The van der Waals surface area contributed by atoms with Gasteiger partial charge in [-0.05, 0) is 62.2 Å². The van der Waals surface area contributed by atoms with Crippen molar-refractivity contribution in [3.63, 3.8) is 0 Å². The zero-order chi connectivity index (χ0) is 24.2. The standard InChI is InChI=1S/C20H22ClF3N2O5S/c1-19(29,20(22,23)24)18(28)26-17-9-8-15(12-16(17)21)32(30,31)14-6-4-13(5-7-14)25-10-2-3-11-27/h4-9,12,25,27,29H,2-3,10-11H2,1H3,(H,26,28). The van der Waals surface area contributed by atoms with Crippen molar-refractivity contribution in [2.24, 2.45) is 0 Å². The molecule has 0 aliphatic carbocycles. The Kier molecular flexibility index (Phi) is 8.16. The molecule has 0 aromatic heterocycles. The monoisotopic (exact) mass is 494 g/mol. The van der Waals surface area contributed by atoms with Crippen LogP contribution in [0.15, 0.2) is 52.3 Å². The number of amides is 1. The van der Waals surface area contributed by atoms with Crippen LogP contribution in [0.1, 0.15) is 19.8 Å². The number of hydrogen-bond donors (Lipinski definition) is 4. The number of halogens is 4. The van der Waals surface area contributed by atoms with E-state index in [9.17, 15) is 31.5 Å². The van der Waals surface area contributed by atoms with Crippen molar-refractivity contribution in [1.29, 1.82) is 0 Å². The first-order chi connectivity index (χ1) is 14.8. The number of alkyl halides is 3. The summed E-state index contributed by atoms with van der Waals surface area (Å²) in [6.45, 7) is 0.989. The third kappa shape index (κ3) is 5.91. The minimum absolute atomic E-state index is 0.0359. The first-order valence-electron chi connectivity index (χ1n) is 9.40. The number of aliphatic hydroxyl groups is 2. The van der Waals surface area contributed by atoms with E-state index in [0.29, 0.717) is 25.6 Å². The summed E-state index contributed by atoms with van der Waals surface area (Å²) in [5.74, 6) is -1.76. The lowest BCUT2D eigenvalue weighted by Gasteiger charge is -2.25. The van der Waals surface area contributed by atoms with Crippen LogP contribution in [0.25, 0.3) is 0 Å². The highest BCUT2D eigenvalue weighted by Crippen LogP contribution is 2.33. The van der Waals surface area contributed by atoms with Gasteiger partial charge in [-0.25, -0.2) is 8.42 Å². The summed E-state index contributed by atoms with van der Waals surface area (Å²) in [7, 11) is -3.99. The molecule has 1 atom stereocenters. The number of benzene rings is 2. The maximum absolute atomic E-state index is 12.8. The van der Waals surface area contributed by atoms with Gasteiger partial charge in [0.05, 0.1) is 20.5 Å². The predicted octanol–water partition coefficient (Wildman–Crippen LogP) is 3.61. The Morgan fingerprint density at radius 3 is 2.19 bits per heavy atom. The molecule has 0 saturated carbocycles. The Morgan fingerprint density at radius 1 is 1.06 bits per heavy atom. The highest BCUT2D eigenvalue weighted by Gasteiger charge is 2.55. The van der Waals surface area contributed by atoms with E-state index in [-0.39, 0.29) is 27.1 Å². The minimum Gasteiger partial charge on any atom is -0.396 e. The summed E-state index contributed by atoms with van der Waals surface area (Å²) in [5.41, 5.74) is -3.26. The Bertz CT molecular complexity index is 1060. The molecule has 0 aliphatic rings. The number of nitrogens with one attached hydrogen (secondary N) is 2. The number of unbranched alkanes of at least 4 members (excludes halogenated alkanes) is 1. The van der Waals surface area contributed by atoms with Crippen LogP contribution in [-0.2, 0) is 14.6 Å². The molecular formula is C20H22ClF3N2O5S. The first kappa shape index (κ1) is 25.9. The van der Waals surface area contributed by atoms with Crippen molar-refractivity contribution in [2.45, 2.75) is 41.3 Å². The van der Waals surface area contributed by atoms with Gasteiger partial charge < -0.3 is 20.8 Å². The molecule has 1 unspecified atom stereocenters. The molecule has 2 aromatic carbocycles. The van der Waals surface area contributed by atoms with Crippen molar-refractivity contribution in [2.75, 3.05) is 23.8 Å². The van der Waals surface area contributed by atoms with Gasteiger partial charge in [-0.15, -0.1) is 0 Å². The van der Waals surface area contributed by atoms with Gasteiger partial charge >= 0.3 is 6.18 Å². The maximum Gasteiger partial charge on any atom is 0.426 e. The largest absolute Gasteiger partial charge is 0.426 e. The number of rotatable bonds is 9. The second-order valence-corrected chi connectivity index (χ2v) is 9.41. The smallest absolute Gasteiger partial charge is 0.396 e. The van der Waals surface area contributed by atoms with E-state index in [1.165, 1.54) is 12.1 Å².